The van der Waals surface area contributed by atoms with Gasteiger partial charge in [-0.2, -0.15) is 0 Å². The molecule has 2 unspecified atom stereocenters. The van der Waals surface area contributed by atoms with E-state index >= 15 is 0 Å². The van der Waals surface area contributed by atoms with Gasteiger partial charge in [0, 0.05) is 19.1 Å². The van der Waals surface area contributed by atoms with Gasteiger partial charge in [0.05, 0.1) is 0 Å². The molecule has 0 aromatic rings. The Morgan fingerprint density at radius 2 is 2.25 bits per heavy atom. The maximum absolute atomic E-state index is 11.2. The number of hydrogen-bond donors (Lipinski definition) is 2. The number of hydrogen-bond acceptors (Lipinski definition) is 4. The predicted molar refractivity (Wildman–Crippen MR) is 63.4 cm³/mol. The van der Waals surface area contributed by atoms with Crippen molar-refractivity contribution in [3.8, 4) is 0 Å². The van der Waals surface area contributed by atoms with Crippen molar-refractivity contribution in [3.05, 3.63) is 0 Å². The lowest BCUT2D eigenvalue weighted by molar-refractivity contribution is -0.144. The van der Waals surface area contributed by atoms with E-state index in [0.29, 0.717) is 13.0 Å². The van der Waals surface area contributed by atoms with E-state index in [2.05, 4.69) is 23.8 Å². The predicted octanol–water partition coefficient (Wildman–Crippen LogP) is -0.186. The third kappa shape index (κ3) is 3.43. The molecular weight excluding hydrogens is 206 g/mol. The summed E-state index contributed by atoms with van der Waals surface area (Å²) in [7, 11) is 2.08. The van der Waals surface area contributed by atoms with Gasteiger partial charge in [-0.1, -0.05) is 0 Å². The largest absolute Gasteiger partial charge is 0.480 e. The standard InChI is InChI=1S/C11H23N3O2/c1-9-8-13(2)6-3-7-14(9)10(4-5-12)11(15)16/h9-10H,3-8,12H2,1-2H3,(H,15,16). The van der Waals surface area contributed by atoms with Crippen LogP contribution in [0.1, 0.15) is 19.8 Å². The minimum Gasteiger partial charge on any atom is -0.480 e. The molecule has 1 saturated heterocycles. The maximum Gasteiger partial charge on any atom is 0.320 e. The Bertz CT molecular complexity index is 235. The Hall–Kier alpha value is -0.650. The molecule has 5 nitrogen and oxygen atoms in total. The summed E-state index contributed by atoms with van der Waals surface area (Å²) >= 11 is 0. The fraction of sp³-hybridized carbons (Fsp3) is 0.909. The molecule has 0 radical (unpaired) electrons. The monoisotopic (exact) mass is 229 g/mol. The molecule has 16 heavy (non-hydrogen) atoms. The molecule has 0 amide bonds. The summed E-state index contributed by atoms with van der Waals surface area (Å²) in [5.41, 5.74) is 5.49. The van der Waals surface area contributed by atoms with Crippen LogP contribution in [0.2, 0.25) is 0 Å². The molecule has 1 aliphatic rings. The first-order valence-corrected chi connectivity index (χ1v) is 5.93. The van der Waals surface area contributed by atoms with Crippen LogP contribution in [0, 0.1) is 0 Å². The summed E-state index contributed by atoms with van der Waals surface area (Å²) in [6.45, 7) is 5.33. The first-order chi connectivity index (χ1) is 7.56. The molecule has 0 saturated carbocycles. The van der Waals surface area contributed by atoms with Gasteiger partial charge >= 0.3 is 5.97 Å². The second-order valence-electron chi connectivity index (χ2n) is 4.63. The molecule has 0 bridgehead atoms. The molecule has 0 aromatic heterocycles. The van der Waals surface area contributed by atoms with Crippen molar-refractivity contribution < 1.29 is 9.90 Å². The molecule has 1 fully saturated rings. The number of nitrogens with zero attached hydrogens (tertiary/aromatic N) is 2. The van der Waals surface area contributed by atoms with E-state index in [4.69, 9.17) is 5.73 Å². The lowest BCUT2D eigenvalue weighted by Gasteiger charge is -2.32. The van der Waals surface area contributed by atoms with E-state index < -0.39 is 12.0 Å². The molecule has 0 spiro atoms. The second kappa shape index (κ2) is 6.18. The zero-order valence-electron chi connectivity index (χ0n) is 10.2. The molecule has 1 aliphatic heterocycles. The zero-order chi connectivity index (χ0) is 12.1. The minimum atomic E-state index is -0.748. The first-order valence-electron chi connectivity index (χ1n) is 5.93. The van der Waals surface area contributed by atoms with Crippen molar-refractivity contribution in [2.24, 2.45) is 5.73 Å². The number of nitrogens with two attached hydrogens (primary N) is 1. The third-order valence-electron chi connectivity index (χ3n) is 3.22. The third-order valence-corrected chi connectivity index (χ3v) is 3.22. The summed E-state index contributed by atoms with van der Waals surface area (Å²) < 4.78 is 0. The van der Waals surface area contributed by atoms with Crippen molar-refractivity contribution >= 4 is 5.97 Å². The Kier molecular flexibility index (Phi) is 5.18. The van der Waals surface area contributed by atoms with Gasteiger partial charge in [0.15, 0.2) is 0 Å². The van der Waals surface area contributed by atoms with E-state index in [1.54, 1.807) is 0 Å². The van der Waals surface area contributed by atoms with Crippen molar-refractivity contribution in [1.29, 1.82) is 0 Å². The van der Waals surface area contributed by atoms with Gasteiger partial charge in [-0.15, -0.1) is 0 Å². The lowest BCUT2D eigenvalue weighted by atomic mass is 10.1. The molecule has 2 atom stereocenters. The van der Waals surface area contributed by atoms with Crippen LogP contribution in [0.25, 0.3) is 0 Å². The van der Waals surface area contributed by atoms with E-state index in [9.17, 15) is 9.90 Å². The van der Waals surface area contributed by atoms with Crippen LogP contribution >= 0.6 is 0 Å². The molecule has 94 valence electrons. The molecule has 0 aromatic carbocycles. The summed E-state index contributed by atoms with van der Waals surface area (Å²) in [6.07, 6.45) is 1.55. The highest BCUT2D eigenvalue weighted by molar-refractivity contribution is 5.73. The number of carbonyl (C=O) groups is 1. The fourth-order valence-electron chi connectivity index (χ4n) is 2.44. The van der Waals surface area contributed by atoms with Crippen molar-refractivity contribution in [3.63, 3.8) is 0 Å². The van der Waals surface area contributed by atoms with Crippen LogP contribution in [0.5, 0.6) is 0 Å². The second-order valence-corrected chi connectivity index (χ2v) is 4.63. The average Bonchev–Trinajstić information content (AvgIpc) is 2.36. The number of aliphatic carboxylic acids is 1. The Labute approximate surface area is 97.2 Å². The normalized spacial score (nSPS) is 26.3. The summed E-state index contributed by atoms with van der Waals surface area (Å²) in [5, 5.41) is 9.22. The maximum atomic E-state index is 11.2. The highest BCUT2D eigenvalue weighted by Crippen LogP contribution is 2.14. The van der Waals surface area contributed by atoms with E-state index in [1.165, 1.54) is 0 Å². The van der Waals surface area contributed by atoms with Crippen LogP contribution in [-0.4, -0.2) is 66.2 Å². The Morgan fingerprint density at radius 3 is 2.81 bits per heavy atom. The summed E-state index contributed by atoms with van der Waals surface area (Å²) in [6, 6.07) is -0.147. The van der Waals surface area contributed by atoms with E-state index in [-0.39, 0.29) is 6.04 Å². The van der Waals surface area contributed by atoms with Crippen LogP contribution in [-0.2, 0) is 4.79 Å². The Morgan fingerprint density at radius 1 is 1.56 bits per heavy atom. The van der Waals surface area contributed by atoms with Gasteiger partial charge in [-0.3, -0.25) is 9.69 Å². The number of carboxylic acids is 1. The fourth-order valence-corrected chi connectivity index (χ4v) is 2.44. The first kappa shape index (κ1) is 13.4. The SMILES string of the molecule is CC1CN(C)CCCN1C(CCN)C(=O)O. The summed E-state index contributed by atoms with van der Waals surface area (Å²) in [5.74, 6) is -0.748. The zero-order valence-corrected chi connectivity index (χ0v) is 10.2. The quantitative estimate of drug-likeness (QED) is 0.699. The Balaban J connectivity index is 2.70. The van der Waals surface area contributed by atoms with E-state index in [0.717, 1.165) is 26.1 Å². The molecule has 1 heterocycles. The number of rotatable bonds is 4. The van der Waals surface area contributed by atoms with Crippen molar-refractivity contribution in [1.82, 2.24) is 9.80 Å². The van der Waals surface area contributed by atoms with E-state index in [1.807, 2.05) is 0 Å². The van der Waals surface area contributed by atoms with Gasteiger partial charge < -0.3 is 15.7 Å². The number of likely N-dealkylation sites (N-methyl/N-ethyl adjacent to an activating group) is 1. The molecule has 1 rings (SSSR count). The van der Waals surface area contributed by atoms with Gasteiger partial charge in [-0.25, -0.2) is 0 Å². The van der Waals surface area contributed by atoms with Gasteiger partial charge in [0.25, 0.3) is 0 Å². The lowest BCUT2D eigenvalue weighted by Crippen LogP contribution is -2.49. The van der Waals surface area contributed by atoms with Crippen LogP contribution in [0.4, 0.5) is 0 Å². The average molecular weight is 229 g/mol. The van der Waals surface area contributed by atoms with Gasteiger partial charge in [-0.05, 0) is 39.9 Å². The molecule has 3 N–H and O–H groups in total. The topological polar surface area (TPSA) is 69.8 Å². The highest BCUT2D eigenvalue weighted by atomic mass is 16.4. The smallest absolute Gasteiger partial charge is 0.320 e. The number of carboxylic acid groups (broad SMARTS) is 1. The van der Waals surface area contributed by atoms with Gasteiger partial charge in [0.2, 0.25) is 0 Å². The highest BCUT2D eigenvalue weighted by Gasteiger charge is 2.30. The van der Waals surface area contributed by atoms with Crippen LogP contribution < -0.4 is 5.73 Å². The molecule has 0 aliphatic carbocycles. The van der Waals surface area contributed by atoms with Crippen LogP contribution in [0.3, 0.4) is 0 Å². The van der Waals surface area contributed by atoms with Crippen molar-refractivity contribution in [2.75, 3.05) is 33.2 Å². The minimum absolute atomic E-state index is 0.278. The summed E-state index contributed by atoms with van der Waals surface area (Å²) in [4.78, 5) is 15.6. The molecular formula is C11H23N3O2. The van der Waals surface area contributed by atoms with Gasteiger partial charge in [0.1, 0.15) is 6.04 Å². The van der Waals surface area contributed by atoms with Crippen LogP contribution in [0.15, 0.2) is 0 Å². The van der Waals surface area contributed by atoms with Crippen molar-refractivity contribution in [2.45, 2.75) is 31.8 Å². The molecule has 5 heteroatoms.